The standard InChI is InChI=1S/C31H28ClN3O7S2/c1-43(38,39)28-10-6-5-9-27(28)23-11-15-25(16-12-23)34-19-20-35(31(37)42-21-22-7-3-2-4-8-22)29(30(34)36)33-44(40,41)26-17-13-24(32)14-18-26/h2-18,29,33H,19-21H2,1H3. The van der Waals surface area contributed by atoms with Crippen LogP contribution < -0.4 is 9.62 Å². The molecule has 0 bridgehead atoms. The summed E-state index contributed by atoms with van der Waals surface area (Å²) in [6.45, 7) is -0.0509. The molecule has 0 aromatic heterocycles. The fraction of sp³-hybridized carbons (Fsp3) is 0.161. The number of halogens is 1. The molecule has 1 unspecified atom stereocenters. The second-order valence-corrected chi connectivity index (χ2v) is 14.2. The van der Waals surface area contributed by atoms with Crippen molar-refractivity contribution in [2.24, 2.45) is 0 Å². The van der Waals surface area contributed by atoms with E-state index in [0.29, 0.717) is 21.8 Å². The number of ether oxygens (including phenoxy) is 1. The number of rotatable bonds is 8. The number of carbonyl (C=O) groups is 2. The number of carbonyl (C=O) groups excluding carboxylic acids is 2. The first-order valence-electron chi connectivity index (χ1n) is 13.4. The van der Waals surface area contributed by atoms with Gasteiger partial charge in [-0.05, 0) is 53.6 Å². The van der Waals surface area contributed by atoms with Crippen LogP contribution in [-0.4, -0.2) is 59.2 Å². The largest absolute Gasteiger partial charge is 0.444 e. The summed E-state index contributed by atoms with van der Waals surface area (Å²) in [5.74, 6) is -0.699. The summed E-state index contributed by atoms with van der Waals surface area (Å²) in [4.78, 5) is 29.5. The summed E-state index contributed by atoms with van der Waals surface area (Å²) >= 11 is 5.92. The Balaban J connectivity index is 1.43. The Bertz CT molecular complexity index is 1880. The molecule has 0 aliphatic carbocycles. The topological polar surface area (TPSA) is 130 Å². The Labute approximate surface area is 260 Å². The third kappa shape index (κ3) is 6.94. The van der Waals surface area contributed by atoms with Gasteiger partial charge in [0.05, 0.1) is 9.79 Å². The summed E-state index contributed by atoms with van der Waals surface area (Å²) in [7, 11) is -7.77. The maximum absolute atomic E-state index is 13.9. The molecule has 0 spiro atoms. The fourth-order valence-corrected chi connectivity index (χ4v) is 6.96. The van der Waals surface area contributed by atoms with E-state index < -0.39 is 38.0 Å². The van der Waals surface area contributed by atoms with E-state index in [4.69, 9.17) is 16.3 Å². The van der Waals surface area contributed by atoms with Gasteiger partial charge in [0.1, 0.15) is 6.61 Å². The van der Waals surface area contributed by atoms with E-state index >= 15 is 0 Å². The van der Waals surface area contributed by atoms with Crippen molar-refractivity contribution in [2.75, 3.05) is 24.2 Å². The summed E-state index contributed by atoms with van der Waals surface area (Å²) in [6, 6.07) is 27.6. The zero-order chi connectivity index (χ0) is 31.5. The average Bonchev–Trinajstić information content (AvgIpc) is 3.01. The number of amides is 2. The molecule has 1 aliphatic rings. The van der Waals surface area contributed by atoms with Crippen LogP contribution in [0.5, 0.6) is 0 Å². The van der Waals surface area contributed by atoms with Crippen LogP contribution in [0, 0.1) is 0 Å². The van der Waals surface area contributed by atoms with E-state index in [1.807, 2.05) is 6.07 Å². The molecule has 44 heavy (non-hydrogen) atoms. The van der Waals surface area contributed by atoms with Crippen molar-refractivity contribution in [1.29, 1.82) is 0 Å². The van der Waals surface area contributed by atoms with Crippen LogP contribution >= 0.6 is 11.6 Å². The number of nitrogens with zero attached hydrogens (tertiary/aromatic N) is 2. The van der Waals surface area contributed by atoms with E-state index in [9.17, 15) is 26.4 Å². The highest BCUT2D eigenvalue weighted by Gasteiger charge is 2.41. The molecule has 0 radical (unpaired) electrons. The molecule has 0 saturated carbocycles. The second-order valence-electron chi connectivity index (χ2n) is 10.0. The Hall–Kier alpha value is -4.23. The Morgan fingerprint density at radius 2 is 1.50 bits per heavy atom. The third-order valence-electron chi connectivity index (χ3n) is 6.98. The van der Waals surface area contributed by atoms with Gasteiger partial charge >= 0.3 is 6.09 Å². The first kappa shape index (κ1) is 31.2. The number of anilines is 1. The van der Waals surface area contributed by atoms with E-state index in [1.54, 1.807) is 66.7 Å². The van der Waals surface area contributed by atoms with E-state index in [2.05, 4.69) is 4.72 Å². The Morgan fingerprint density at radius 1 is 0.864 bits per heavy atom. The number of hydrogen-bond donors (Lipinski definition) is 1. The molecule has 5 rings (SSSR count). The Morgan fingerprint density at radius 3 is 2.16 bits per heavy atom. The predicted octanol–water partition coefficient (Wildman–Crippen LogP) is 4.70. The zero-order valence-electron chi connectivity index (χ0n) is 23.5. The normalized spacial score (nSPS) is 15.7. The molecule has 228 valence electrons. The minimum absolute atomic E-state index is 0.0359. The van der Waals surface area contributed by atoms with Crippen molar-refractivity contribution in [3.05, 3.63) is 114 Å². The fourth-order valence-electron chi connectivity index (χ4n) is 4.78. The molecule has 1 atom stereocenters. The van der Waals surface area contributed by atoms with Crippen molar-refractivity contribution in [3.8, 4) is 11.1 Å². The summed E-state index contributed by atoms with van der Waals surface area (Å²) in [5.41, 5.74) is 2.28. The molecule has 1 saturated heterocycles. The maximum atomic E-state index is 13.9. The van der Waals surface area contributed by atoms with Gasteiger partial charge in [-0.1, -0.05) is 72.3 Å². The SMILES string of the molecule is CS(=O)(=O)c1ccccc1-c1ccc(N2CCN(C(=O)OCc3ccccc3)C(NS(=O)(=O)c3ccc(Cl)cc3)C2=O)cc1. The van der Waals surface area contributed by atoms with Crippen molar-refractivity contribution < 1.29 is 31.2 Å². The van der Waals surface area contributed by atoms with Gasteiger partial charge in [-0.15, -0.1) is 0 Å². The molecule has 2 amide bonds. The average molecular weight is 654 g/mol. The third-order valence-corrected chi connectivity index (χ3v) is 9.82. The smallest absolute Gasteiger partial charge is 0.411 e. The van der Waals surface area contributed by atoms with Crippen molar-refractivity contribution in [2.45, 2.75) is 22.6 Å². The van der Waals surface area contributed by atoms with Gasteiger partial charge in [0.25, 0.3) is 5.91 Å². The number of sulfonamides is 1. The highest BCUT2D eigenvalue weighted by Crippen LogP contribution is 2.30. The van der Waals surface area contributed by atoms with E-state index in [-0.39, 0.29) is 29.5 Å². The lowest BCUT2D eigenvalue weighted by Crippen LogP contribution is -2.65. The molecule has 10 nitrogen and oxygen atoms in total. The van der Waals surface area contributed by atoms with Crippen molar-refractivity contribution in [1.82, 2.24) is 9.62 Å². The van der Waals surface area contributed by atoms with Gasteiger partial charge < -0.3 is 9.64 Å². The van der Waals surface area contributed by atoms with Crippen LogP contribution in [0.25, 0.3) is 11.1 Å². The quantitative estimate of drug-likeness (QED) is 0.292. The van der Waals surface area contributed by atoms with E-state index in [0.717, 1.165) is 16.7 Å². The van der Waals surface area contributed by atoms with Crippen LogP contribution in [0.1, 0.15) is 5.56 Å². The number of nitrogens with one attached hydrogen (secondary N) is 1. The van der Waals surface area contributed by atoms with Crippen LogP contribution in [0.2, 0.25) is 5.02 Å². The highest BCUT2D eigenvalue weighted by atomic mass is 35.5. The van der Waals surface area contributed by atoms with Gasteiger partial charge in [-0.25, -0.2) is 21.6 Å². The predicted molar refractivity (Wildman–Crippen MR) is 166 cm³/mol. The molecule has 13 heteroatoms. The van der Waals surface area contributed by atoms with Crippen LogP contribution in [-0.2, 0) is 36.0 Å². The lowest BCUT2D eigenvalue weighted by molar-refractivity contribution is -0.125. The Kier molecular flexibility index (Phi) is 9.07. The van der Waals surface area contributed by atoms with Crippen LogP contribution in [0.4, 0.5) is 10.5 Å². The first-order valence-corrected chi connectivity index (χ1v) is 17.2. The maximum Gasteiger partial charge on any atom is 0.411 e. The molecular formula is C31H28ClN3O7S2. The molecule has 1 fully saturated rings. The number of benzene rings is 4. The van der Waals surface area contributed by atoms with Crippen molar-refractivity contribution >= 4 is 49.1 Å². The first-order chi connectivity index (χ1) is 20.9. The lowest BCUT2D eigenvalue weighted by Gasteiger charge is -2.39. The van der Waals surface area contributed by atoms with Crippen molar-refractivity contribution in [3.63, 3.8) is 0 Å². The summed E-state index contributed by atoms with van der Waals surface area (Å²) in [5, 5.41) is 0.331. The van der Waals surface area contributed by atoms with Gasteiger partial charge in [0.15, 0.2) is 16.0 Å². The van der Waals surface area contributed by atoms with Gasteiger partial charge in [0.2, 0.25) is 10.0 Å². The second kappa shape index (κ2) is 12.8. The summed E-state index contributed by atoms with van der Waals surface area (Å²) < 4.78 is 59.0. The van der Waals surface area contributed by atoms with Gasteiger partial charge in [-0.3, -0.25) is 9.69 Å². The molecule has 1 aliphatic heterocycles. The molecule has 4 aromatic rings. The molecular weight excluding hydrogens is 626 g/mol. The number of piperazine rings is 1. The van der Waals surface area contributed by atoms with Crippen LogP contribution in [0.15, 0.2) is 113 Å². The van der Waals surface area contributed by atoms with Gasteiger partial charge in [0, 0.05) is 35.6 Å². The van der Waals surface area contributed by atoms with Gasteiger partial charge in [-0.2, -0.15) is 4.72 Å². The number of sulfone groups is 1. The summed E-state index contributed by atoms with van der Waals surface area (Å²) in [6.07, 6.45) is -1.34. The minimum Gasteiger partial charge on any atom is -0.444 e. The highest BCUT2D eigenvalue weighted by molar-refractivity contribution is 7.91. The molecule has 1 heterocycles. The van der Waals surface area contributed by atoms with E-state index in [1.165, 1.54) is 35.2 Å². The minimum atomic E-state index is -4.27. The number of hydrogen-bond acceptors (Lipinski definition) is 7. The molecule has 1 N–H and O–H groups in total. The molecule has 4 aromatic carbocycles. The zero-order valence-corrected chi connectivity index (χ0v) is 25.8. The monoisotopic (exact) mass is 653 g/mol. The lowest BCUT2D eigenvalue weighted by atomic mass is 10.0. The van der Waals surface area contributed by atoms with Crippen LogP contribution in [0.3, 0.4) is 0 Å².